The summed E-state index contributed by atoms with van der Waals surface area (Å²) < 4.78 is 13.7. The van der Waals surface area contributed by atoms with Gasteiger partial charge in [0.25, 0.3) is 0 Å². The van der Waals surface area contributed by atoms with E-state index in [-0.39, 0.29) is 23.1 Å². The fourth-order valence-corrected chi connectivity index (χ4v) is 2.29. The van der Waals surface area contributed by atoms with Gasteiger partial charge in [0.2, 0.25) is 5.91 Å². The van der Waals surface area contributed by atoms with Crippen molar-refractivity contribution in [1.29, 1.82) is 0 Å². The van der Waals surface area contributed by atoms with Crippen LogP contribution in [0.15, 0.2) is 18.2 Å². The third kappa shape index (κ3) is 4.56. The smallest absolute Gasteiger partial charge is 0.230 e. The van der Waals surface area contributed by atoms with Crippen LogP contribution < -0.4 is 4.90 Å². The normalized spacial score (nSPS) is 13.0. The molecule has 0 saturated heterocycles. The number of halogens is 1. The molecule has 22 heavy (non-hydrogen) atoms. The van der Waals surface area contributed by atoms with E-state index in [9.17, 15) is 9.18 Å². The molecule has 0 aliphatic heterocycles. The van der Waals surface area contributed by atoms with E-state index in [4.69, 9.17) is 0 Å². The molecule has 2 nitrogen and oxygen atoms in total. The Kier molecular flexibility index (Phi) is 6.58. The molecule has 0 spiro atoms. The van der Waals surface area contributed by atoms with Crippen molar-refractivity contribution < 1.29 is 9.18 Å². The maximum absolute atomic E-state index is 13.7. The summed E-state index contributed by atoms with van der Waals surface area (Å²) in [6, 6.07) is 5.01. The summed E-state index contributed by atoms with van der Waals surface area (Å²) >= 11 is 0. The highest BCUT2D eigenvalue weighted by atomic mass is 19.1. The van der Waals surface area contributed by atoms with Crippen molar-refractivity contribution in [2.45, 2.75) is 60.8 Å². The molecule has 1 aromatic rings. The minimum atomic E-state index is -0.196. The number of amides is 1. The summed E-state index contributed by atoms with van der Waals surface area (Å²) in [5, 5.41) is 0. The van der Waals surface area contributed by atoms with Crippen molar-refractivity contribution in [2.24, 2.45) is 11.3 Å². The van der Waals surface area contributed by atoms with Crippen molar-refractivity contribution in [3.63, 3.8) is 0 Å². The number of carbonyl (C=O) groups is 1. The highest BCUT2D eigenvalue weighted by Gasteiger charge is 2.31. The van der Waals surface area contributed by atoms with Crippen LogP contribution in [0.2, 0.25) is 0 Å². The lowest BCUT2D eigenvalue weighted by molar-refractivity contribution is -0.124. The zero-order chi connectivity index (χ0) is 16.9. The minimum Gasteiger partial charge on any atom is -0.312 e. The van der Waals surface area contributed by atoms with Crippen molar-refractivity contribution in [3.05, 3.63) is 29.6 Å². The van der Waals surface area contributed by atoms with Gasteiger partial charge in [0.1, 0.15) is 5.82 Å². The van der Waals surface area contributed by atoms with Gasteiger partial charge >= 0.3 is 0 Å². The second-order valence-corrected chi connectivity index (χ2v) is 7.06. The van der Waals surface area contributed by atoms with E-state index >= 15 is 0 Å². The van der Waals surface area contributed by atoms with Gasteiger partial charge in [-0.15, -0.1) is 0 Å². The van der Waals surface area contributed by atoms with Crippen molar-refractivity contribution in [2.75, 3.05) is 11.4 Å². The van der Waals surface area contributed by atoms with E-state index in [1.807, 2.05) is 24.8 Å². The predicted molar refractivity (Wildman–Crippen MR) is 91.7 cm³/mol. The van der Waals surface area contributed by atoms with Gasteiger partial charge < -0.3 is 4.90 Å². The number of nitrogens with zero attached hydrogens (tertiary/aromatic N) is 1. The Morgan fingerprint density at radius 3 is 2.41 bits per heavy atom. The SMILES string of the molecule is CCCCN(C(=O)C(C)C(C)(C)C)c1ccc(F)c(CC)c1. The molecule has 1 atom stereocenters. The summed E-state index contributed by atoms with van der Waals surface area (Å²) in [6.45, 7) is 12.9. The Hall–Kier alpha value is -1.38. The lowest BCUT2D eigenvalue weighted by Gasteiger charge is -2.32. The van der Waals surface area contributed by atoms with Crippen LogP contribution in [-0.4, -0.2) is 12.5 Å². The number of hydrogen-bond acceptors (Lipinski definition) is 1. The summed E-state index contributed by atoms with van der Waals surface area (Å²) in [5.41, 5.74) is 1.39. The summed E-state index contributed by atoms with van der Waals surface area (Å²) in [4.78, 5) is 14.7. The van der Waals surface area contributed by atoms with Gasteiger partial charge in [0, 0.05) is 18.2 Å². The summed E-state index contributed by atoms with van der Waals surface area (Å²) in [5.74, 6) is -0.160. The fraction of sp³-hybridized carbons (Fsp3) is 0.632. The third-order valence-corrected chi connectivity index (χ3v) is 4.39. The fourth-order valence-electron chi connectivity index (χ4n) is 2.29. The first-order chi connectivity index (χ1) is 10.2. The molecule has 1 aromatic carbocycles. The van der Waals surface area contributed by atoms with E-state index in [1.54, 1.807) is 6.07 Å². The molecule has 0 saturated carbocycles. The first kappa shape index (κ1) is 18.7. The minimum absolute atomic E-state index is 0.0838. The van der Waals surface area contributed by atoms with Crippen LogP contribution in [0.1, 0.15) is 59.9 Å². The van der Waals surface area contributed by atoms with E-state index < -0.39 is 0 Å². The van der Waals surface area contributed by atoms with E-state index in [1.165, 1.54) is 6.07 Å². The standard InChI is InChI=1S/C19H30FNO/c1-7-9-12-21(18(22)14(3)19(4,5)6)16-10-11-17(20)15(8-2)13-16/h10-11,13-14H,7-9,12H2,1-6H3. The Bertz CT molecular complexity index is 505. The number of aryl methyl sites for hydroxylation is 1. The first-order valence-electron chi connectivity index (χ1n) is 8.32. The van der Waals surface area contributed by atoms with Crippen LogP contribution in [0.5, 0.6) is 0 Å². The maximum Gasteiger partial charge on any atom is 0.230 e. The van der Waals surface area contributed by atoms with Crippen molar-refractivity contribution in [1.82, 2.24) is 0 Å². The molecule has 0 N–H and O–H groups in total. The maximum atomic E-state index is 13.7. The van der Waals surface area contributed by atoms with Crippen LogP contribution in [0.4, 0.5) is 10.1 Å². The van der Waals surface area contributed by atoms with Gasteiger partial charge in [0.05, 0.1) is 0 Å². The van der Waals surface area contributed by atoms with Gasteiger partial charge in [-0.3, -0.25) is 4.79 Å². The highest BCUT2D eigenvalue weighted by molar-refractivity contribution is 5.95. The molecule has 0 aliphatic rings. The van der Waals surface area contributed by atoms with Crippen LogP contribution in [0.3, 0.4) is 0 Å². The number of anilines is 1. The van der Waals surface area contributed by atoms with Gasteiger partial charge in [-0.1, -0.05) is 48.0 Å². The summed E-state index contributed by atoms with van der Waals surface area (Å²) in [6.07, 6.45) is 2.60. The Morgan fingerprint density at radius 2 is 1.91 bits per heavy atom. The van der Waals surface area contributed by atoms with Crippen LogP contribution in [0, 0.1) is 17.2 Å². The van der Waals surface area contributed by atoms with E-state index in [0.717, 1.165) is 18.5 Å². The molecule has 0 bridgehead atoms. The molecule has 0 aromatic heterocycles. The van der Waals surface area contributed by atoms with Gasteiger partial charge in [0.15, 0.2) is 0 Å². The molecule has 0 aliphatic carbocycles. The topological polar surface area (TPSA) is 20.3 Å². The molecule has 0 fully saturated rings. The molecular formula is C19H30FNO. The summed E-state index contributed by atoms with van der Waals surface area (Å²) in [7, 11) is 0. The van der Waals surface area contributed by atoms with Crippen molar-refractivity contribution in [3.8, 4) is 0 Å². The lowest BCUT2D eigenvalue weighted by atomic mass is 9.81. The van der Waals surface area contributed by atoms with Crippen LogP contribution >= 0.6 is 0 Å². The molecule has 1 unspecified atom stereocenters. The zero-order valence-corrected chi connectivity index (χ0v) is 14.9. The van der Waals surface area contributed by atoms with Crippen LogP contribution in [0.25, 0.3) is 0 Å². The number of hydrogen-bond donors (Lipinski definition) is 0. The monoisotopic (exact) mass is 307 g/mol. The second-order valence-electron chi connectivity index (χ2n) is 7.06. The van der Waals surface area contributed by atoms with Crippen LogP contribution in [-0.2, 0) is 11.2 Å². The van der Waals surface area contributed by atoms with Gasteiger partial charge in [-0.25, -0.2) is 4.39 Å². The highest BCUT2D eigenvalue weighted by Crippen LogP contribution is 2.30. The second kappa shape index (κ2) is 7.75. The number of carbonyl (C=O) groups excluding carboxylic acids is 1. The third-order valence-electron chi connectivity index (χ3n) is 4.39. The molecule has 3 heteroatoms. The number of rotatable bonds is 6. The van der Waals surface area contributed by atoms with Gasteiger partial charge in [-0.05, 0) is 42.0 Å². The van der Waals surface area contributed by atoms with E-state index in [2.05, 4.69) is 27.7 Å². The van der Waals surface area contributed by atoms with Gasteiger partial charge in [-0.2, -0.15) is 0 Å². The van der Waals surface area contributed by atoms with Crippen molar-refractivity contribution >= 4 is 11.6 Å². The number of benzene rings is 1. The molecular weight excluding hydrogens is 277 g/mol. The largest absolute Gasteiger partial charge is 0.312 e. The molecule has 1 rings (SSSR count). The average molecular weight is 307 g/mol. The molecule has 0 radical (unpaired) electrons. The zero-order valence-electron chi connectivity index (χ0n) is 14.9. The average Bonchev–Trinajstić information content (AvgIpc) is 2.46. The first-order valence-corrected chi connectivity index (χ1v) is 8.32. The Balaban J connectivity index is 3.15. The van der Waals surface area contributed by atoms with E-state index in [0.29, 0.717) is 18.5 Å². The molecule has 124 valence electrons. The Labute approximate surface area is 134 Å². The predicted octanol–water partition coefficient (Wildman–Crippen LogP) is 5.20. The molecule has 0 heterocycles. The lowest BCUT2D eigenvalue weighted by Crippen LogP contribution is -2.40. The quantitative estimate of drug-likeness (QED) is 0.707. The Morgan fingerprint density at radius 1 is 1.27 bits per heavy atom. The number of unbranched alkanes of at least 4 members (excludes halogenated alkanes) is 1. The molecule has 1 amide bonds.